The molecular formula is C22H19ClN4O5S. The first kappa shape index (κ1) is 23.8. The van der Waals surface area contributed by atoms with Crippen molar-refractivity contribution in [3.63, 3.8) is 0 Å². The molecule has 1 heterocycles. The number of ketones is 1. The minimum Gasteiger partial charge on any atom is -0.491 e. The number of rotatable bonds is 8. The number of hydrogen-bond donors (Lipinski definition) is 3. The van der Waals surface area contributed by atoms with Crippen LogP contribution in [0.25, 0.3) is 0 Å². The van der Waals surface area contributed by atoms with Gasteiger partial charge >= 0.3 is 6.03 Å². The summed E-state index contributed by atoms with van der Waals surface area (Å²) in [5.41, 5.74) is 4.95. The topological polar surface area (TPSA) is 140 Å². The molecule has 0 aliphatic heterocycles. The highest BCUT2D eigenvalue weighted by atomic mass is 35.5. The van der Waals surface area contributed by atoms with E-state index in [0.29, 0.717) is 5.75 Å². The highest BCUT2D eigenvalue weighted by Gasteiger charge is 2.22. The number of sulfonamides is 1. The van der Waals surface area contributed by atoms with Gasteiger partial charge in [-0.05, 0) is 62.4 Å². The second-order valence-corrected chi connectivity index (χ2v) is 9.16. The van der Waals surface area contributed by atoms with E-state index in [9.17, 15) is 18.0 Å². The van der Waals surface area contributed by atoms with Gasteiger partial charge in [0.15, 0.2) is 0 Å². The van der Waals surface area contributed by atoms with Gasteiger partial charge in [0.1, 0.15) is 11.4 Å². The lowest BCUT2D eigenvalue weighted by atomic mass is 10.1. The number of aromatic nitrogens is 1. The van der Waals surface area contributed by atoms with Crippen LogP contribution < -0.4 is 20.5 Å². The lowest BCUT2D eigenvalue weighted by Gasteiger charge is -2.13. The van der Waals surface area contributed by atoms with Crippen LogP contribution in [0, 0.1) is 12.1 Å². The molecule has 0 radical (unpaired) electrons. The molecule has 0 spiro atoms. The maximum absolute atomic E-state index is 13.1. The molecule has 3 aromatic rings. The van der Waals surface area contributed by atoms with Crippen LogP contribution >= 0.6 is 11.6 Å². The molecule has 0 aliphatic carbocycles. The van der Waals surface area contributed by atoms with E-state index in [1.54, 1.807) is 0 Å². The van der Waals surface area contributed by atoms with Gasteiger partial charge < -0.3 is 15.8 Å². The molecule has 9 nitrogen and oxygen atoms in total. The molecular weight excluding hydrogens is 468 g/mol. The van der Waals surface area contributed by atoms with E-state index in [0.717, 1.165) is 0 Å². The number of nitrogens with one attached hydrogen (secondary N) is 2. The summed E-state index contributed by atoms with van der Waals surface area (Å²) in [6, 6.07) is 14.1. The highest BCUT2D eigenvalue weighted by molar-refractivity contribution is 7.92. The van der Waals surface area contributed by atoms with Crippen molar-refractivity contribution in [2.24, 2.45) is 5.73 Å². The van der Waals surface area contributed by atoms with E-state index in [4.69, 9.17) is 22.1 Å². The molecule has 1 aromatic heterocycles. The summed E-state index contributed by atoms with van der Waals surface area (Å²) < 4.78 is 33.7. The summed E-state index contributed by atoms with van der Waals surface area (Å²) in [6.45, 7) is 3.71. The molecule has 0 aliphatic rings. The predicted molar refractivity (Wildman–Crippen MR) is 123 cm³/mol. The number of urea groups is 1. The van der Waals surface area contributed by atoms with Crippen molar-refractivity contribution in [2.45, 2.75) is 24.8 Å². The molecule has 3 rings (SSSR count). The fourth-order valence-corrected chi connectivity index (χ4v) is 3.98. The minimum atomic E-state index is -4.08. The summed E-state index contributed by atoms with van der Waals surface area (Å²) in [4.78, 5) is 28.1. The Morgan fingerprint density at radius 2 is 1.88 bits per heavy atom. The number of pyridine rings is 1. The predicted octanol–water partition coefficient (Wildman–Crippen LogP) is 3.64. The summed E-state index contributed by atoms with van der Waals surface area (Å²) in [5.74, 6) is -0.121. The molecule has 0 saturated heterocycles. The zero-order valence-electron chi connectivity index (χ0n) is 17.5. The molecule has 11 heteroatoms. The van der Waals surface area contributed by atoms with Crippen molar-refractivity contribution in [2.75, 3.05) is 10.0 Å². The SMILES string of the molecule is CC(C)Oc1ccc(S(=O)(=O)Nc2cc(Cl)cnc2C(=O)c2cc#cc(NC(N)=O)c2)cc1. The number of amides is 2. The normalized spacial score (nSPS) is 10.9. The van der Waals surface area contributed by atoms with Crippen molar-refractivity contribution < 1.29 is 22.7 Å². The van der Waals surface area contributed by atoms with Crippen LogP contribution in [-0.2, 0) is 10.0 Å². The van der Waals surface area contributed by atoms with E-state index in [1.165, 1.54) is 48.7 Å². The Morgan fingerprint density at radius 3 is 2.52 bits per heavy atom. The van der Waals surface area contributed by atoms with Crippen molar-refractivity contribution in [3.05, 3.63) is 77.1 Å². The van der Waals surface area contributed by atoms with Gasteiger partial charge in [-0.15, -0.1) is 0 Å². The molecule has 2 aromatic carbocycles. The highest BCUT2D eigenvalue weighted by Crippen LogP contribution is 2.26. The van der Waals surface area contributed by atoms with Gasteiger partial charge in [0.25, 0.3) is 10.0 Å². The van der Waals surface area contributed by atoms with Crippen LogP contribution in [0.1, 0.15) is 29.9 Å². The number of halogens is 1. The Hall–Kier alpha value is -3.81. The average molecular weight is 487 g/mol. The maximum Gasteiger partial charge on any atom is 0.317 e. The zero-order valence-corrected chi connectivity index (χ0v) is 19.1. The Morgan fingerprint density at radius 1 is 1.18 bits per heavy atom. The van der Waals surface area contributed by atoms with Crippen LogP contribution in [0.4, 0.5) is 16.2 Å². The van der Waals surface area contributed by atoms with E-state index < -0.39 is 21.8 Å². The molecule has 2 amide bonds. The van der Waals surface area contributed by atoms with Gasteiger partial charge in [-0.1, -0.05) is 17.7 Å². The Kier molecular flexibility index (Phi) is 7.06. The number of anilines is 2. The number of hydrogen-bond acceptors (Lipinski definition) is 6. The molecule has 0 fully saturated rings. The number of benzene rings is 1. The number of ether oxygens (including phenoxy) is 1. The molecule has 170 valence electrons. The monoisotopic (exact) mass is 486 g/mol. The van der Waals surface area contributed by atoms with E-state index in [2.05, 4.69) is 27.2 Å². The third kappa shape index (κ3) is 6.12. The number of nitrogens with two attached hydrogens (primary N) is 1. The standard InChI is InChI=1S/C22H19ClN4O5S/c1-13(2)32-17-6-8-18(9-7-17)33(30,31)27-19-11-15(23)12-25-20(19)21(28)14-4-3-5-16(10-14)26-22(24)29/h4,6-13,27H,1-2H3,(H3,24,26,29). The summed E-state index contributed by atoms with van der Waals surface area (Å²) in [6.07, 6.45) is 1.15. The fraction of sp³-hybridized carbons (Fsp3) is 0.136. The van der Waals surface area contributed by atoms with Gasteiger partial charge in [0.2, 0.25) is 5.78 Å². The first-order chi connectivity index (χ1) is 15.5. The Balaban J connectivity index is 1.93. The smallest absolute Gasteiger partial charge is 0.317 e. The molecule has 4 N–H and O–H groups in total. The summed E-state index contributed by atoms with van der Waals surface area (Å²) >= 11 is 6.00. The lowest BCUT2D eigenvalue weighted by molar-refractivity contribution is 0.103. The third-order valence-electron chi connectivity index (χ3n) is 4.07. The Labute approximate surface area is 196 Å². The van der Waals surface area contributed by atoms with Gasteiger partial charge in [-0.3, -0.25) is 9.52 Å². The second-order valence-electron chi connectivity index (χ2n) is 7.04. The fourth-order valence-electron chi connectivity index (χ4n) is 2.76. The van der Waals surface area contributed by atoms with E-state index in [-0.39, 0.29) is 38.7 Å². The largest absolute Gasteiger partial charge is 0.491 e. The van der Waals surface area contributed by atoms with Crippen molar-refractivity contribution in [3.8, 4) is 5.75 Å². The van der Waals surface area contributed by atoms with Crippen LogP contribution in [0.5, 0.6) is 5.75 Å². The van der Waals surface area contributed by atoms with Crippen LogP contribution in [0.15, 0.2) is 53.6 Å². The first-order valence-corrected chi connectivity index (χ1v) is 11.4. The number of primary amides is 1. The van der Waals surface area contributed by atoms with E-state index >= 15 is 0 Å². The van der Waals surface area contributed by atoms with Crippen molar-refractivity contribution >= 4 is 44.8 Å². The van der Waals surface area contributed by atoms with Crippen LogP contribution in [0.2, 0.25) is 5.02 Å². The summed E-state index contributed by atoms with van der Waals surface area (Å²) in [7, 11) is -4.08. The number of carbonyl (C=O) groups excluding carboxylic acids is 2. The summed E-state index contributed by atoms with van der Waals surface area (Å²) in [5, 5.41) is 2.41. The van der Waals surface area contributed by atoms with E-state index in [1.807, 2.05) is 13.8 Å². The minimum absolute atomic E-state index is 0.0485. The molecule has 0 bridgehead atoms. The maximum atomic E-state index is 13.1. The third-order valence-corrected chi connectivity index (χ3v) is 5.66. The van der Waals surface area contributed by atoms with Crippen LogP contribution in [-0.4, -0.2) is 31.3 Å². The van der Waals surface area contributed by atoms with Crippen molar-refractivity contribution in [1.29, 1.82) is 0 Å². The molecule has 0 unspecified atom stereocenters. The molecule has 0 saturated carbocycles. The average Bonchev–Trinajstić information content (AvgIpc) is 2.73. The Bertz CT molecular complexity index is 1290. The van der Waals surface area contributed by atoms with Crippen molar-refractivity contribution in [1.82, 2.24) is 4.98 Å². The number of nitrogens with zero attached hydrogens (tertiary/aromatic N) is 1. The first-order valence-electron chi connectivity index (χ1n) is 9.55. The lowest BCUT2D eigenvalue weighted by Crippen LogP contribution is -2.19. The van der Waals surface area contributed by atoms with Crippen LogP contribution in [0.3, 0.4) is 0 Å². The number of carbonyl (C=O) groups is 2. The molecule has 33 heavy (non-hydrogen) atoms. The molecule has 0 atom stereocenters. The zero-order chi connectivity index (χ0) is 24.2. The second kappa shape index (κ2) is 9.77. The van der Waals surface area contributed by atoms with Gasteiger partial charge in [-0.2, -0.15) is 0 Å². The van der Waals surface area contributed by atoms with Gasteiger partial charge in [-0.25, -0.2) is 18.2 Å². The van der Waals surface area contributed by atoms with Gasteiger partial charge in [0.05, 0.1) is 27.4 Å². The quantitative estimate of drug-likeness (QED) is 0.415. The van der Waals surface area contributed by atoms with Gasteiger partial charge in [0, 0.05) is 11.8 Å².